The summed E-state index contributed by atoms with van der Waals surface area (Å²) in [6.07, 6.45) is 12.0. The summed E-state index contributed by atoms with van der Waals surface area (Å²) in [5, 5.41) is 62.1. The molecular formula is C41H64O9. The lowest BCUT2D eigenvalue weighted by Gasteiger charge is -2.36. The number of aliphatic hydroxyl groups is 5. The van der Waals surface area contributed by atoms with Crippen molar-refractivity contribution in [2.45, 2.75) is 130 Å². The van der Waals surface area contributed by atoms with Crippen LogP contribution >= 0.6 is 0 Å². The molecule has 0 bridgehead atoms. The zero-order valence-corrected chi connectivity index (χ0v) is 31.7. The molecule has 6 N–H and O–H groups in total. The van der Waals surface area contributed by atoms with Gasteiger partial charge in [0, 0.05) is 25.0 Å². The molecule has 50 heavy (non-hydrogen) atoms. The molecule has 0 radical (unpaired) electrons. The lowest BCUT2D eigenvalue weighted by molar-refractivity contribution is -0.180. The number of ether oxygens (including phenoxy) is 1. The Kier molecular flexibility index (Phi) is 17.6. The summed E-state index contributed by atoms with van der Waals surface area (Å²) in [5.74, 6) is 0.947. The summed E-state index contributed by atoms with van der Waals surface area (Å²) >= 11 is 0. The fourth-order valence-electron chi connectivity index (χ4n) is 6.62. The molecule has 0 amide bonds. The zero-order chi connectivity index (χ0) is 37.8. The van der Waals surface area contributed by atoms with Crippen molar-refractivity contribution in [1.82, 2.24) is 0 Å². The van der Waals surface area contributed by atoms with Crippen LogP contribution in [0.15, 0.2) is 74.5 Å². The fourth-order valence-corrected chi connectivity index (χ4v) is 6.62. The molecule has 1 fully saturated rings. The molecule has 0 saturated carbocycles. The van der Waals surface area contributed by atoms with Crippen LogP contribution in [-0.4, -0.2) is 68.3 Å². The number of rotatable bonds is 18. The van der Waals surface area contributed by atoms with E-state index >= 15 is 0 Å². The van der Waals surface area contributed by atoms with Crippen molar-refractivity contribution in [1.29, 1.82) is 0 Å². The molecule has 2 rings (SSSR count). The van der Waals surface area contributed by atoms with Crippen molar-refractivity contribution < 1.29 is 39.8 Å². The van der Waals surface area contributed by atoms with Gasteiger partial charge < -0.3 is 39.8 Å². The summed E-state index contributed by atoms with van der Waals surface area (Å²) < 4.78 is 11.1. The molecule has 0 spiro atoms. The van der Waals surface area contributed by atoms with Crippen LogP contribution in [0.25, 0.3) is 0 Å². The van der Waals surface area contributed by atoms with E-state index in [1.807, 2.05) is 13.0 Å². The van der Waals surface area contributed by atoms with Crippen LogP contribution in [0.1, 0.15) is 112 Å². The highest BCUT2D eigenvalue weighted by atomic mass is 16.5. The molecule has 282 valence electrons. The third-order valence-corrected chi connectivity index (χ3v) is 9.76. The summed E-state index contributed by atoms with van der Waals surface area (Å²) in [4.78, 5) is 13.0. The van der Waals surface area contributed by atoms with E-state index in [1.54, 1.807) is 26.0 Å². The number of aliphatic hydroxyl groups excluding tert-OH is 5. The predicted octanol–water partition coefficient (Wildman–Crippen LogP) is 6.58. The Hall–Kier alpha value is -2.79. The molecule has 0 aromatic carbocycles. The van der Waals surface area contributed by atoms with Gasteiger partial charge in [0.1, 0.15) is 29.3 Å². The maximum Gasteiger partial charge on any atom is 0.345 e. The third-order valence-electron chi connectivity index (χ3n) is 9.76. The van der Waals surface area contributed by atoms with E-state index in [0.717, 1.165) is 31.3 Å². The Labute approximate surface area is 299 Å². The van der Waals surface area contributed by atoms with E-state index < -0.39 is 53.9 Å². The minimum atomic E-state index is -1.51. The maximum absolute atomic E-state index is 13.0. The minimum absolute atomic E-state index is 0.0114. The third kappa shape index (κ3) is 13.1. The van der Waals surface area contributed by atoms with Crippen LogP contribution in [0.5, 0.6) is 5.75 Å². The minimum Gasteiger partial charge on any atom is -0.507 e. The fraction of sp³-hybridized carbons (Fsp3) is 0.634. The van der Waals surface area contributed by atoms with Crippen molar-refractivity contribution in [3.05, 3.63) is 87.1 Å². The van der Waals surface area contributed by atoms with Crippen LogP contribution in [0.2, 0.25) is 0 Å². The van der Waals surface area contributed by atoms with E-state index in [9.17, 15) is 35.4 Å². The van der Waals surface area contributed by atoms with Gasteiger partial charge in [-0.05, 0) is 71.6 Å². The summed E-state index contributed by atoms with van der Waals surface area (Å²) in [5.41, 5.74) is 1.00. The Morgan fingerprint density at radius 3 is 2.28 bits per heavy atom. The van der Waals surface area contributed by atoms with Gasteiger partial charge in [-0.15, -0.1) is 0 Å². The van der Waals surface area contributed by atoms with Crippen molar-refractivity contribution >= 4 is 0 Å². The Balaban J connectivity index is 2.04. The highest BCUT2D eigenvalue weighted by Gasteiger charge is 2.41. The first kappa shape index (κ1) is 43.4. The maximum atomic E-state index is 13.0. The molecule has 0 unspecified atom stereocenters. The van der Waals surface area contributed by atoms with Gasteiger partial charge in [0.15, 0.2) is 0 Å². The van der Waals surface area contributed by atoms with Gasteiger partial charge in [-0.3, -0.25) is 0 Å². The zero-order valence-electron chi connectivity index (χ0n) is 31.7. The largest absolute Gasteiger partial charge is 0.507 e. The molecule has 9 atom stereocenters. The van der Waals surface area contributed by atoms with E-state index in [4.69, 9.17) is 9.15 Å². The SMILES string of the molecule is CC[C@H](C)/C=C(C)/C=C/C=C(\C)C[C@H](C)C[C@@H](C)C[C@@H](/C=C(C)/C=C/[C@@H](O)C(C)(C)c1cc(O)c([C@@H]2O[C@H](CO)C[C@H](O)[C@H]2O)c(=O)o1)CO. The van der Waals surface area contributed by atoms with Gasteiger partial charge in [0.05, 0.1) is 30.3 Å². The number of allylic oxidation sites excluding steroid dienone is 8. The second-order valence-electron chi connectivity index (χ2n) is 15.3. The first-order chi connectivity index (χ1) is 23.4. The average Bonchev–Trinajstić information content (AvgIpc) is 3.04. The summed E-state index contributed by atoms with van der Waals surface area (Å²) in [7, 11) is 0. The lowest BCUT2D eigenvalue weighted by atomic mass is 9.82. The lowest BCUT2D eigenvalue weighted by Crippen LogP contribution is -2.46. The second-order valence-corrected chi connectivity index (χ2v) is 15.3. The number of hydrogen-bond acceptors (Lipinski definition) is 9. The van der Waals surface area contributed by atoms with Crippen molar-refractivity contribution in [2.24, 2.45) is 23.7 Å². The molecule has 9 nitrogen and oxygen atoms in total. The molecule has 9 heteroatoms. The molecule has 0 aliphatic carbocycles. The number of hydrogen-bond donors (Lipinski definition) is 6. The van der Waals surface area contributed by atoms with E-state index in [2.05, 4.69) is 65.8 Å². The molecular weight excluding hydrogens is 636 g/mol. The monoisotopic (exact) mass is 700 g/mol. The first-order valence-electron chi connectivity index (χ1n) is 18.1. The Morgan fingerprint density at radius 1 is 1.02 bits per heavy atom. The highest BCUT2D eigenvalue weighted by Crippen LogP contribution is 2.37. The van der Waals surface area contributed by atoms with Gasteiger partial charge in [-0.25, -0.2) is 4.79 Å². The average molecular weight is 701 g/mol. The van der Waals surface area contributed by atoms with E-state index in [-0.39, 0.29) is 30.3 Å². The smallest absolute Gasteiger partial charge is 0.345 e. The molecule has 1 aromatic heterocycles. The van der Waals surface area contributed by atoms with E-state index in [0.29, 0.717) is 17.8 Å². The van der Waals surface area contributed by atoms with Gasteiger partial charge in [-0.2, -0.15) is 0 Å². The molecule has 2 heterocycles. The second kappa shape index (κ2) is 20.3. The quantitative estimate of drug-likeness (QED) is 0.0931. The summed E-state index contributed by atoms with van der Waals surface area (Å²) in [6.45, 7) is 18.0. The topological polar surface area (TPSA) is 161 Å². The number of aromatic hydroxyl groups is 1. The van der Waals surface area contributed by atoms with Crippen LogP contribution < -0.4 is 5.63 Å². The standard InChI is InChI=1S/C41H64O9/c1-10-25(2)16-26(3)12-11-13-27(4)17-29(6)18-30(7)20-31(23-42)19-28(5)14-15-35(46)41(8,9)36-22-33(44)37(40(48)50-36)39-38(47)34(45)21-32(24-43)49-39/h11-16,19,22,25,29-32,34-35,38-39,42-47H,10,17-18,20-21,23-24H2,1-9H3/b12-11+,15-14+,26-16+,27-13+,28-19+/t25-,29-,30+,31+,32-,34-,35+,38+,39-/m0/s1. The Bertz CT molecular complexity index is 1420. The molecule has 1 aliphatic heterocycles. The van der Waals surface area contributed by atoms with Gasteiger partial charge in [0.2, 0.25) is 0 Å². The van der Waals surface area contributed by atoms with Crippen molar-refractivity contribution in [3.63, 3.8) is 0 Å². The predicted molar refractivity (Wildman–Crippen MR) is 199 cm³/mol. The van der Waals surface area contributed by atoms with E-state index in [1.165, 1.54) is 17.2 Å². The van der Waals surface area contributed by atoms with Crippen LogP contribution in [0.4, 0.5) is 0 Å². The molecule has 1 aliphatic rings. The normalized spacial score (nSPS) is 24.5. The molecule has 1 aromatic rings. The molecule has 1 saturated heterocycles. The van der Waals surface area contributed by atoms with Gasteiger partial charge >= 0.3 is 5.63 Å². The highest BCUT2D eigenvalue weighted by molar-refractivity contribution is 5.36. The van der Waals surface area contributed by atoms with Crippen LogP contribution in [0.3, 0.4) is 0 Å². The van der Waals surface area contributed by atoms with Gasteiger partial charge in [-0.1, -0.05) is 93.4 Å². The first-order valence-corrected chi connectivity index (χ1v) is 18.1. The summed E-state index contributed by atoms with van der Waals surface area (Å²) in [6, 6.07) is 1.20. The Morgan fingerprint density at radius 2 is 1.68 bits per heavy atom. The van der Waals surface area contributed by atoms with Gasteiger partial charge in [0.25, 0.3) is 0 Å². The van der Waals surface area contributed by atoms with Crippen molar-refractivity contribution in [3.8, 4) is 5.75 Å². The van der Waals surface area contributed by atoms with Crippen LogP contribution in [0, 0.1) is 23.7 Å². The van der Waals surface area contributed by atoms with Crippen molar-refractivity contribution in [2.75, 3.05) is 13.2 Å². The van der Waals surface area contributed by atoms with Crippen LogP contribution in [-0.2, 0) is 10.2 Å².